The molecule has 0 aliphatic carbocycles. The molecule has 0 aliphatic rings. The van der Waals surface area contributed by atoms with E-state index in [1.54, 1.807) is 0 Å². The molecule has 2 N–H and O–H groups in total. The second kappa shape index (κ2) is 9.37. The summed E-state index contributed by atoms with van der Waals surface area (Å²) in [6.45, 7) is 6.87. The Morgan fingerprint density at radius 1 is 1.17 bits per heavy atom. The van der Waals surface area contributed by atoms with Crippen LogP contribution in [0.1, 0.15) is 24.2 Å². The zero-order valence-electron chi connectivity index (χ0n) is 19.1. The van der Waals surface area contributed by atoms with Crippen molar-refractivity contribution in [1.29, 1.82) is 0 Å². The second-order valence-corrected chi connectivity index (χ2v) is 8.20. The van der Waals surface area contributed by atoms with Gasteiger partial charge in [-0.25, -0.2) is 18.3 Å². The number of halogens is 1. The van der Waals surface area contributed by atoms with Crippen LogP contribution in [-0.4, -0.2) is 36.6 Å². The molecule has 0 aliphatic heterocycles. The molecule has 0 unspecified atom stereocenters. The summed E-state index contributed by atoms with van der Waals surface area (Å²) in [5.74, 6) is -1.50. The first-order valence-corrected chi connectivity index (χ1v) is 10.8. The molecule has 0 atom stereocenters. The number of carbonyl (C=O) groups excluding carboxylic acids is 2. The Morgan fingerprint density at radius 2 is 1.94 bits per heavy atom. The van der Waals surface area contributed by atoms with Gasteiger partial charge < -0.3 is 10.6 Å². The Bertz CT molecular complexity index is 1600. The number of aromatic nitrogens is 4. The number of allylic oxidation sites excluding steroid dienone is 1. The topological polar surface area (TPSA) is 120 Å². The number of rotatable bonds is 7. The number of anilines is 1. The largest absolute Gasteiger partial charge is 0.352 e. The fourth-order valence-electron chi connectivity index (χ4n) is 3.70. The predicted molar refractivity (Wildman–Crippen MR) is 129 cm³/mol. The molecule has 11 heteroatoms. The van der Waals surface area contributed by atoms with Crippen molar-refractivity contribution >= 4 is 34.2 Å². The van der Waals surface area contributed by atoms with Crippen molar-refractivity contribution in [3.05, 3.63) is 87.3 Å². The van der Waals surface area contributed by atoms with Crippen molar-refractivity contribution in [2.45, 2.75) is 33.0 Å². The fraction of sp³-hybridized carbons (Fsp3) is 0.208. The number of fused-ring (bicyclic) bond motifs is 3. The van der Waals surface area contributed by atoms with Crippen molar-refractivity contribution in [2.75, 3.05) is 5.32 Å². The minimum atomic E-state index is -0.682. The average Bonchev–Trinajstić information content (AvgIpc) is 3.11. The molecule has 2 aromatic heterocycles. The molecule has 2 heterocycles. The second-order valence-electron chi connectivity index (χ2n) is 8.20. The molecule has 2 aromatic carbocycles. The summed E-state index contributed by atoms with van der Waals surface area (Å²) in [5.41, 5.74) is -0.440. The van der Waals surface area contributed by atoms with Crippen LogP contribution < -0.4 is 21.9 Å². The lowest BCUT2D eigenvalue weighted by atomic mass is 10.1. The summed E-state index contributed by atoms with van der Waals surface area (Å²) in [6, 6.07) is 9.65. The number of hydrogen-bond acceptors (Lipinski definition) is 5. The van der Waals surface area contributed by atoms with E-state index in [1.165, 1.54) is 51.4 Å². The van der Waals surface area contributed by atoms with E-state index in [0.717, 1.165) is 10.7 Å². The highest BCUT2D eigenvalue weighted by Gasteiger charge is 2.20. The average molecular weight is 478 g/mol. The molecular weight excluding hydrogens is 455 g/mol. The molecular formula is C24H23FN6O4. The minimum Gasteiger partial charge on any atom is -0.350 e. The normalized spacial score (nSPS) is 11.2. The third-order valence-corrected chi connectivity index (χ3v) is 5.17. The summed E-state index contributed by atoms with van der Waals surface area (Å²) in [4.78, 5) is 51.5. The molecule has 0 fully saturated rings. The molecule has 0 saturated heterocycles. The Balaban J connectivity index is 1.84. The maximum absolute atomic E-state index is 13.4. The molecule has 0 spiro atoms. The Kier molecular flexibility index (Phi) is 6.32. The lowest BCUT2D eigenvalue weighted by Crippen LogP contribution is -2.31. The third kappa shape index (κ3) is 4.60. The molecule has 35 heavy (non-hydrogen) atoms. The van der Waals surface area contributed by atoms with E-state index in [9.17, 15) is 23.6 Å². The summed E-state index contributed by atoms with van der Waals surface area (Å²) in [5, 5.41) is 9.69. The molecule has 4 rings (SSSR count). The van der Waals surface area contributed by atoms with E-state index < -0.39 is 29.5 Å². The van der Waals surface area contributed by atoms with Gasteiger partial charge in [0.1, 0.15) is 12.4 Å². The van der Waals surface area contributed by atoms with Crippen LogP contribution >= 0.6 is 0 Å². The summed E-state index contributed by atoms with van der Waals surface area (Å²) in [6.07, 6.45) is 1.48. The van der Waals surface area contributed by atoms with E-state index in [-0.39, 0.29) is 46.4 Å². The SMILES string of the molecule is C=CCn1c(=O)c2ccc(C(=O)NC(C)C)cc2n2c(=O)n(CC(=O)Nc3cccc(F)c3)nc12. The van der Waals surface area contributed by atoms with Crippen LogP contribution in [0.4, 0.5) is 10.1 Å². The molecule has 0 bridgehead atoms. The van der Waals surface area contributed by atoms with Crippen molar-refractivity contribution in [3.63, 3.8) is 0 Å². The van der Waals surface area contributed by atoms with Crippen molar-refractivity contribution in [3.8, 4) is 0 Å². The first-order valence-electron chi connectivity index (χ1n) is 10.8. The van der Waals surface area contributed by atoms with E-state index in [1.807, 2.05) is 13.8 Å². The van der Waals surface area contributed by atoms with Crippen molar-refractivity contribution in [1.82, 2.24) is 24.1 Å². The van der Waals surface area contributed by atoms with Crippen molar-refractivity contribution < 1.29 is 14.0 Å². The monoisotopic (exact) mass is 478 g/mol. The van der Waals surface area contributed by atoms with E-state index in [2.05, 4.69) is 22.3 Å². The first kappa shape index (κ1) is 23.6. The summed E-state index contributed by atoms with van der Waals surface area (Å²) >= 11 is 0. The van der Waals surface area contributed by atoms with Gasteiger partial charge in [-0.15, -0.1) is 11.7 Å². The molecule has 10 nitrogen and oxygen atoms in total. The van der Waals surface area contributed by atoms with Gasteiger partial charge in [0.2, 0.25) is 11.7 Å². The summed E-state index contributed by atoms with van der Waals surface area (Å²) < 4.78 is 16.8. The lowest BCUT2D eigenvalue weighted by molar-refractivity contribution is -0.117. The molecule has 180 valence electrons. The van der Waals surface area contributed by atoms with E-state index in [4.69, 9.17) is 0 Å². The maximum atomic E-state index is 13.4. The van der Waals surface area contributed by atoms with Crippen molar-refractivity contribution in [2.24, 2.45) is 0 Å². The molecule has 0 saturated carbocycles. The van der Waals surface area contributed by atoms with Crippen LogP contribution in [-0.2, 0) is 17.9 Å². The number of amides is 2. The van der Waals surface area contributed by atoms with Crippen LogP contribution in [0.5, 0.6) is 0 Å². The zero-order valence-corrected chi connectivity index (χ0v) is 19.1. The summed E-state index contributed by atoms with van der Waals surface area (Å²) in [7, 11) is 0. The third-order valence-electron chi connectivity index (χ3n) is 5.17. The molecule has 2 amide bonds. The van der Waals surface area contributed by atoms with Gasteiger partial charge in [0.25, 0.3) is 11.5 Å². The first-order chi connectivity index (χ1) is 16.7. The van der Waals surface area contributed by atoms with Crippen LogP contribution in [0.15, 0.2) is 64.7 Å². The molecule has 4 aromatic rings. The van der Waals surface area contributed by atoms with Crippen LogP contribution in [0.25, 0.3) is 16.7 Å². The van der Waals surface area contributed by atoms with Gasteiger partial charge in [0.15, 0.2) is 0 Å². The van der Waals surface area contributed by atoms with E-state index in [0.29, 0.717) is 0 Å². The van der Waals surface area contributed by atoms with E-state index >= 15 is 0 Å². The van der Waals surface area contributed by atoms with Gasteiger partial charge >= 0.3 is 5.69 Å². The number of nitrogens with one attached hydrogen (secondary N) is 2. The smallest absolute Gasteiger partial charge is 0.350 e. The highest BCUT2D eigenvalue weighted by atomic mass is 19.1. The van der Waals surface area contributed by atoms with Crippen LogP contribution in [0.2, 0.25) is 0 Å². The quantitative estimate of drug-likeness (QED) is 0.393. The number of benzene rings is 2. The highest BCUT2D eigenvalue weighted by molar-refractivity contribution is 5.98. The zero-order chi connectivity index (χ0) is 25.3. The van der Waals surface area contributed by atoms with Gasteiger partial charge in [-0.3, -0.25) is 19.0 Å². The van der Waals surface area contributed by atoms with Gasteiger partial charge in [0, 0.05) is 23.8 Å². The number of carbonyl (C=O) groups is 2. The number of hydrogen-bond donors (Lipinski definition) is 2. The fourth-order valence-corrected chi connectivity index (χ4v) is 3.70. The standard InChI is InChI=1S/C24H23FN6O4/c1-4-10-29-22(34)18-9-8-15(21(33)26-14(2)3)11-19(18)31-23(29)28-30(24(31)35)13-20(32)27-17-7-5-6-16(25)12-17/h4-9,11-12,14H,1,10,13H2,2-3H3,(H,26,33)(H,27,32). The number of nitrogens with zero attached hydrogens (tertiary/aromatic N) is 4. The lowest BCUT2D eigenvalue weighted by Gasteiger charge is -2.11. The Hall–Kier alpha value is -4.54. The maximum Gasteiger partial charge on any atom is 0.352 e. The van der Waals surface area contributed by atoms with Gasteiger partial charge in [-0.2, -0.15) is 0 Å². The molecule has 0 radical (unpaired) electrons. The van der Waals surface area contributed by atoms with Gasteiger partial charge in [0.05, 0.1) is 10.9 Å². The van der Waals surface area contributed by atoms with Crippen LogP contribution in [0.3, 0.4) is 0 Å². The van der Waals surface area contributed by atoms with Gasteiger partial charge in [-0.05, 0) is 50.2 Å². The highest BCUT2D eigenvalue weighted by Crippen LogP contribution is 2.15. The predicted octanol–water partition coefficient (Wildman–Crippen LogP) is 1.91. The van der Waals surface area contributed by atoms with Gasteiger partial charge in [-0.1, -0.05) is 12.1 Å². The minimum absolute atomic E-state index is 0.00706. The van der Waals surface area contributed by atoms with Crippen LogP contribution in [0, 0.1) is 5.82 Å². The Morgan fingerprint density at radius 3 is 2.63 bits per heavy atom. The Labute approximate surface area is 198 Å².